The molecule has 0 aliphatic heterocycles. The van der Waals surface area contributed by atoms with Crippen molar-refractivity contribution in [3.05, 3.63) is 13.8 Å². The predicted molar refractivity (Wildman–Crippen MR) is 43.0 cm³/mol. The van der Waals surface area contributed by atoms with Crippen LogP contribution in [0.1, 0.15) is 39.5 Å². The average molecular weight is 126 g/mol. The summed E-state index contributed by atoms with van der Waals surface area (Å²) in [5.74, 6) is 0. The minimum atomic E-state index is 0.442. The number of hydrogen-bond acceptors (Lipinski definition) is 0. The molecule has 54 valence electrons. The van der Waals surface area contributed by atoms with Gasteiger partial charge in [0.25, 0.3) is 0 Å². The largest absolute Gasteiger partial charge is 0.0599 e. The highest BCUT2D eigenvalue weighted by atomic mass is 14.2. The van der Waals surface area contributed by atoms with Gasteiger partial charge in [0.1, 0.15) is 0 Å². The Morgan fingerprint density at radius 1 is 1.22 bits per heavy atom. The van der Waals surface area contributed by atoms with Crippen LogP contribution in [0.3, 0.4) is 0 Å². The third-order valence-corrected chi connectivity index (χ3v) is 1.78. The minimum absolute atomic E-state index is 0.442. The van der Waals surface area contributed by atoms with Gasteiger partial charge >= 0.3 is 0 Å². The van der Waals surface area contributed by atoms with Crippen LogP contribution in [0.5, 0.6) is 0 Å². The van der Waals surface area contributed by atoms with Crippen LogP contribution in [0.15, 0.2) is 0 Å². The first-order valence-corrected chi connectivity index (χ1v) is 3.71. The lowest BCUT2D eigenvalue weighted by atomic mass is 9.85. The summed E-state index contributed by atoms with van der Waals surface area (Å²) in [5.41, 5.74) is 0.442. The zero-order chi connectivity index (χ0) is 7.33. The highest BCUT2D eigenvalue weighted by molar-refractivity contribution is 4.69. The molecule has 0 rings (SSSR count). The van der Waals surface area contributed by atoms with E-state index < -0.39 is 0 Å². The third-order valence-electron chi connectivity index (χ3n) is 1.78. The van der Waals surface area contributed by atoms with Gasteiger partial charge in [-0.25, -0.2) is 0 Å². The van der Waals surface area contributed by atoms with Gasteiger partial charge in [-0.15, -0.1) is 0 Å². The van der Waals surface area contributed by atoms with E-state index >= 15 is 0 Å². The monoisotopic (exact) mass is 126 g/mol. The first-order chi connectivity index (χ1) is 4.12. The average Bonchev–Trinajstić information content (AvgIpc) is 1.84. The third kappa shape index (κ3) is 4.50. The van der Waals surface area contributed by atoms with Crippen LogP contribution in [-0.4, -0.2) is 0 Å². The maximum Gasteiger partial charge on any atom is -0.0354 e. The Kier molecular flexibility index (Phi) is 3.92. The van der Waals surface area contributed by atoms with Crippen LogP contribution in [0.25, 0.3) is 0 Å². The molecule has 9 heavy (non-hydrogen) atoms. The summed E-state index contributed by atoms with van der Waals surface area (Å²) >= 11 is 0. The van der Waals surface area contributed by atoms with Gasteiger partial charge in [-0.3, -0.25) is 0 Å². The summed E-state index contributed by atoms with van der Waals surface area (Å²) in [4.78, 5) is 0. The van der Waals surface area contributed by atoms with Crippen molar-refractivity contribution in [3.63, 3.8) is 0 Å². The molecule has 0 aliphatic carbocycles. The molecule has 0 bridgehead atoms. The fraction of sp³-hybridized carbons (Fsp3) is 0.778. The minimum Gasteiger partial charge on any atom is -0.0599 e. The van der Waals surface area contributed by atoms with Crippen LogP contribution < -0.4 is 0 Å². The molecule has 0 saturated carbocycles. The van der Waals surface area contributed by atoms with Gasteiger partial charge < -0.3 is 0 Å². The van der Waals surface area contributed by atoms with Crippen LogP contribution in [0.4, 0.5) is 0 Å². The van der Waals surface area contributed by atoms with Gasteiger partial charge in [0.05, 0.1) is 0 Å². The molecule has 0 aromatic carbocycles. The van der Waals surface area contributed by atoms with Crippen molar-refractivity contribution in [2.45, 2.75) is 39.5 Å². The zero-order valence-corrected chi connectivity index (χ0v) is 6.74. The molecule has 2 radical (unpaired) electrons. The highest BCUT2D eigenvalue weighted by Crippen LogP contribution is 2.26. The molecule has 0 saturated heterocycles. The van der Waals surface area contributed by atoms with Crippen molar-refractivity contribution < 1.29 is 0 Å². The molecule has 0 unspecified atom stereocenters. The van der Waals surface area contributed by atoms with Crippen LogP contribution in [0, 0.1) is 19.3 Å². The van der Waals surface area contributed by atoms with E-state index in [1.54, 1.807) is 0 Å². The fourth-order valence-corrected chi connectivity index (χ4v) is 0.729. The molecule has 0 atom stereocenters. The standard InChI is InChI=1S/C9H18/c1-5-7-8-9(3,4)6-2/h1-2,5-8H2,3-4H3. The fourth-order valence-electron chi connectivity index (χ4n) is 0.729. The number of hydrogen-bond donors (Lipinski definition) is 0. The topological polar surface area (TPSA) is 0 Å². The molecule has 0 spiro atoms. The summed E-state index contributed by atoms with van der Waals surface area (Å²) in [5, 5.41) is 0. The molecule has 0 nitrogen and oxygen atoms in total. The van der Waals surface area contributed by atoms with Crippen molar-refractivity contribution in [3.8, 4) is 0 Å². The van der Waals surface area contributed by atoms with Crippen molar-refractivity contribution >= 4 is 0 Å². The van der Waals surface area contributed by atoms with Gasteiger partial charge in [0.2, 0.25) is 0 Å². The van der Waals surface area contributed by atoms with Crippen molar-refractivity contribution in [1.82, 2.24) is 0 Å². The second-order valence-corrected chi connectivity index (χ2v) is 3.37. The second-order valence-electron chi connectivity index (χ2n) is 3.37. The van der Waals surface area contributed by atoms with Crippen molar-refractivity contribution in [1.29, 1.82) is 0 Å². The summed E-state index contributed by atoms with van der Waals surface area (Å²) in [6, 6.07) is 0. The van der Waals surface area contributed by atoms with E-state index in [1.165, 1.54) is 12.8 Å². The summed E-state index contributed by atoms with van der Waals surface area (Å²) < 4.78 is 0. The Hall–Kier alpha value is 0. The Labute approximate surface area is 59.7 Å². The quantitative estimate of drug-likeness (QED) is 0.542. The molecule has 0 amide bonds. The predicted octanol–water partition coefficient (Wildman–Crippen LogP) is 3.24. The van der Waals surface area contributed by atoms with Gasteiger partial charge in [0, 0.05) is 0 Å². The maximum atomic E-state index is 3.89. The molecule has 0 aromatic rings. The molecule has 0 heteroatoms. The highest BCUT2D eigenvalue weighted by Gasteiger charge is 2.12. The van der Waals surface area contributed by atoms with Crippen LogP contribution >= 0.6 is 0 Å². The van der Waals surface area contributed by atoms with E-state index in [4.69, 9.17) is 0 Å². The SMILES string of the molecule is [CH2]CCCC(C)(C)C[CH2]. The van der Waals surface area contributed by atoms with Gasteiger partial charge in [-0.1, -0.05) is 40.5 Å². The molecule has 0 fully saturated rings. The second kappa shape index (κ2) is 3.92. The Morgan fingerprint density at radius 3 is 2.11 bits per heavy atom. The van der Waals surface area contributed by atoms with E-state index in [9.17, 15) is 0 Å². The van der Waals surface area contributed by atoms with Crippen LogP contribution in [0.2, 0.25) is 0 Å². The molecular weight excluding hydrogens is 108 g/mol. The molecule has 0 aliphatic rings. The van der Waals surface area contributed by atoms with E-state index in [1.807, 2.05) is 0 Å². The van der Waals surface area contributed by atoms with Crippen molar-refractivity contribution in [2.24, 2.45) is 5.41 Å². The smallest absolute Gasteiger partial charge is 0.0354 e. The first kappa shape index (κ1) is 9.00. The zero-order valence-electron chi connectivity index (χ0n) is 6.74. The Morgan fingerprint density at radius 2 is 1.78 bits per heavy atom. The lowest BCUT2D eigenvalue weighted by molar-refractivity contribution is 0.329. The Balaban J connectivity index is 3.33. The van der Waals surface area contributed by atoms with E-state index in [-0.39, 0.29) is 0 Å². The Bertz CT molecular complexity index is 62.4. The molecule has 0 heterocycles. The maximum absolute atomic E-state index is 3.89. The number of unbranched alkanes of at least 4 members (excludes halogenated alkanes) is 1. The van der Waals surface area contributed by atoms with Gasteiger partial charge in [0.15, 0.2) is 0 Å². The lowest BCUT2D eigenvalue weighted by Crippen LogP contribution is -2.08. The van der Waals surface area contributed by atoms with E-state index in [2.05, 4.69) is 27.7 Å². The van der Waals surface area contributed by atoms with E-state index in [0.717, 1.165) is 12.8 Å². The first-order valence-electron chi connectivity index (χ1n) is 3.71. The van der Waals surface area contributed by atoms with Gasteiger partial charge in [-0.05, 0) is 18.3 Å². The van der Waals surface area contributed by atoms with Crippen LogP contribution in [-0.2, 0) is 0 Å². The van der Waals surface area contributed by atoms with E-state index in [0.29, 0.717) is 5.41 Å². The number of rotatable bonds is 4. The lowest BCUT2D eigenvalue weighted by Gasteiger charge is -2.21. The molecular formula is C9H18. The molecule has 0 N–H and O–H groups in total. The normalized spacial score (nSPS) is 12.0. The molecule has 0 aromatic heterocycles. The van der Waals surface area contributed by atoms with Gasteiger partial charge in [-0.2, -0.15) is 0 Å². The van der Waals surface area contributed by atoms with Crippen molar-refractivity contribution in [2.75, 3.05) is 0 Å². The summed E-state index contributed by atoms with van der Waals surface area (Å²) in [7, 11) is 0. The summed E-state index contributed by atoms with van der Waals surface area (Å²) in [6.07, 6.45) is 4.60. The summed E-state index contributed by atoms with van der Waals surface area (Å²) in [6.45, 7) is 12.2.